The minimum atomic E-state index is -0.280. The molecule has 6 nitrogen and oxygen atoms in total. The van der Waals surface area contributed by atoms with Crippen molar-refractivity contribution in [3.05, 3.63) is 23.5 Å². The first-order valence-electron chi connectivity index (χ1n) is 6.36. The van der Waals surface area contributed by atoms with E-state index >= 15 is 0 Å². The zero-order valence-corrected chi connectivity index (χ0v) is 11.4. The largest absolute Gasteiger partial charge is 0.507 e. The number of hydrogen-bond donors (Lipinski definition) is 1. The summed E-state index contributed by atoms with van der Waals surface area (Å²) >= 11 is 0. The molecule has 0 aliphatic rings. The number of aryl methyl sites for hydroxylation is 2. The Balaban J connectivity index is 2.34. The molecule has 0 bridgehead atoms. The highest BCUT2D eigenvalue weighted by Gasteiger charge is 2.15. The van der Waals surface area contributed by atoms with Crippen LogP contribution in [0.5, 0.6) is 5.75 Å². The van der Waals surface area contributed by atoms with E-state index in [1.807, 2.05) is 0 Å². The van der Waals surface area contributed by atoms with Crippen LogP contribution in [0, 0.1) is 0 Å². The fourth-order valence-corrected chi connectivity index (χ4v) is 2.16. The first-order valence-corrected chi connectivity index (χ1v) is 6.36. The summed E-state index contributed by atoms with van der Waals surface area (Å²) in [5.41, 5.74) is 1.39. The summed E-state index contributed by atoms with van der Waals surface area (Å²) < 4.78 is 6.59. The van der Waals surface area contributed by atoms with Crippen LogP contribution in [-0.2, 0) is 23.0 Å². The van der Waals surface area contributed by atoms with E-state index in [9.17, 15) is 14.7 Å². The monoisotopic (exact) mass is 276 g/mol. The van der Waals surface area contributed by atoms with Gasteiger partial charge < -0.3 is 14.4 Å². The first kappa shape index (κ1) is 14.0. The lowest BCUT2D eigenvalue weighted by atomic mass is 10.2. The van der Waals surface area contributed by atoms with E-state index < -0.39 is 0 Å². The average Bonchev–Trinajstić information content (AvgIpc) is 2.74. The van der Waals surface area contributed by atoms with Gasteiger partial charge in [0, 0.05) is 13.5 Å². The molecule has 0 unspecified atom stereocenters. The Morgan fingerprint density at radius 2 is 2.25 bits per heavy atom. The molecule has 1 heterocycles. The molecule has 106 valence electrons. The molecule has 20 heavy (non-hydrogen) atoms. The normalized spacial score (nSPS) is 10.7. The summed E-state index contributed by atoms with van der Waals surface area (Å²) in [6.07, 6.45) is 1.25. The van der Waals surface area contributed by atoms with E-state index in [1.54, 1.807) is 24.6 Å². The predicted molar refractivity (Wildman–Crippen MR) is 72.7 cm³/mol. The molecule has 0 spiro atoms. The summed E-state index contributed by atoms with van der Waals surface area (Å²) in [5, 5.41) is 9.68. The number of aldehydes is 1. The number of esters is 1. The summed E-state index contributed by atoms with van der Waals surface area (Å²) in [6.45, 7) is 2.11. The highest BCUT2D eigenvalue weighted by atomic mass is 16.5. The van der Waals surface area contributed by atoms with Gasteiger partial charge in [0.15, 0.2) is 6.29 Å². The maximum atomic E-state index is 11.4. The second-order valence-corrected chi connectivity index (χ2v) is 4.38. The second-order valence-electron chi connectivity index (χ2n) is 4.38. The Morgan fingerprint density at radius 3 is 2.90 bits per heavy atom. The van der Waals surface area contributed by atoms with Gasteiger partial charge in [-0.2, -0.15) is 0 Å². The molecule has 1 aromatic heterocycles. The van der Waals surface area contributed by atoms with Gasteiger partial charge >= 0.3 is 5.97 Å². The fraction of sp³-hybridized carbons (Fsp3) is 0.357. The van der Waals surface area contributed by atoms with Crippen LogP contribution in [0.4, 0.5) is 0 Å². The van der Waals surface area contributed by atoms with Crippen molar-refractivity contribution in [2.45, 2.75) is 19.8 Å². The zero-order chi connectivity index (χ0) is 14.7. The van der Waals surface area contributed by atoms with Gasteiger partial charge in [-0.3, -0.25) is 9.59 Å². The summed E-state index contributed by atoms with van der Waals surface area (Å²) in [7, 11) is 1.75. The molecule has 2 aromatic rings. The summed E-state index contributed by atoms with van der Waals surface area (Å²) in [6, 6.07) is 3.08. The lowest BCUT2D eigenvalue weighted by Crippen LogP contribution is -2.07. The highest BCUT2D eigenvalue weighted by Crippen LogP contribution is 2.26. The van der Waals surface area contributed by atoms with Crippen molar-refractivity contribution in [2.75, 3.05) is 6.61 Å². The molecular formula is C14H16N2O4. The number of carbonyl (C=O) groups excluding carboxylic acids is 2. The standard InChI is InChI=1S/C14H16N2O4/c1-3-20-13(19)7-6-12-15-10-4-5-11(18)9(8-17)14(10)16(12)2/h4-5,8,18H,3,6-7H2,1-2H3. The van der Waals surface area contributed by atoms with E-state index in [0.717, 1.165) is 0 Å². The maximum Gasteiger partial charge on any atom is 0.306 e. The molecule has 0 radical (unpaired) electrons. The Hall–Kier alpha value is -2.37. The number of phenols is 1. The molecular weight excluding hydrogens is 260 g/mol. The first-order chi connectivity index (χ1) is 9.58. The lowest BCUT2D eigenvalue weighted by Gasteiger charge is -2.04. The third-order valence-electron chi connectivity index (χ3n) is 3.12. The van der Waals surface area contributed by atoms with Gasteiger partial charge in [-0.1, -0.05) is 0 Å². The number of ether oxygens (including phenoxy) is 1. The van der Waals surface area contributed by atoms with Gasteiger partial charge in [0.2, 0.25) is 0 Å². The lowest BCUT2D eigenvalue weighted by molar-refractivity contribution is -0.143. The van der Waals surface area contributed by atoms with Crippen LogP contribution in [0.2, 0.25) is 0 Å². The highest BCUT2D eigenvalue weighted by molar-refractivity contribution is 5.97. The predicted octanol–water partition coefficient (Wildman–Crippen LogP) is 1.59. The molecule has 2 rings (SSSR count). The van der Waals surface area contributed by atoms with Gasteiger partial charge in [-0.05, 0) is 19.1 Å². The van der Waals surface area contributed by atoms with Crippen LogP contribution in [0.25, 0.3) is 11.0 Å². The molecule has 0 saturated heterocycles. The van der Waals surface area contributed by atoms with Crippen LogP contribution in [0.3, 0.4) is 0 Å². The number of imidazole rings is 1. The van der Waals surface area contributed by atoms with Crippen molar-refractivity contribution in [2.24, 2.45) is 7.05 Å². The van der Waals surface area contributed by atoms with Crippen molar-refractivity contribution in [1.82, 2.24) is 9.55 Å². The van der Waals surface area contributed by atoms with Gasteiger partial charge in [-0.15, -0.1) is 0 Å². The minimum Gasteiger partial charge on any atom is -0.507 e. The molecule has 0 saturated carbocycles. The fourth-order valence-electron chi connectivity index (χ4n) is 2.16. The number of hydrogen-bond acceptors (Lipinski definition) is 5. The van der Waals surface area contributed by atoms with Crippen LogP contribution in [0.15, 0.2) is 12.1 Å². The molecule has 0 atom stereocenters. The average molecular weight is 276 g/mol. The van der Waals surface area contributed by atoms with Gasteiger partial charge in [0.25, 0.3) is 0 Å². The topological polar surface area (TPSA) is 81.4 Å². The van der Waals surface area contributed by atoms with Crippen molar-refractivity contribution < 1.29 is 19.4 Å². The van der Waals surface area contributed by atoms with E-state index in [2.05, 4.69) is 4.98 Å². The second kappa shape index (κ2) is 5.73. The van der Waals surface area contributed by atoms with Crippen LogP contribution >= 0.6 is 0 Å². The van der Waals surface area contributed by atoms with Crippen molar-refractivity contribution in [1.29, 1.82) is 0 Å². The minimum absolute atomic E-state index is 0.0764. The molecule has 1 N–H and O–H groups in total. The Kier molecular flexibility index (Phi) is 4.02. The SMILES string of the molecule is CCOC(=O)CCc1nc2ccc(O)c(C=O)c2n1C. The van der Waals surface area contributed by atoms with E-state index in [0.29, 0.717) is 36.2 Å². The number of carbonyl (C=O) groups is 2. The van der Waals surface area contributed by atoms with Crippen molar-refractivity contribution in [3.63, 3.8) is 0 Å². The van der Waals surface area contributed by atoms with Gasteiger partial charge in [0.05, 0.1) is 29.6 Å². The molecule has 6 heteroatoms. The molecule has 0 aliphatic heterocycles. The summed E-state index contributed by atoms with van der Waals surface area (Å²) in [4.78, 5) is 26.8. The molecule has 0 aliphatic carbocycles. The van der Waals surface area contributed by atoms with Crippen LogP contribution in [0.1, 0.15) is 29.5 Å². The molecule has 1 aromatic carbocycles. The number of aromatic nitrogens is 2. The third-order valence-corrected chi connectivity index (χ3v) is 3.12. The number of benzene rings is 1. The number of aromatic hydroxyl groups is 1. The number of phenolic OH excluding ortho intramolecular Hbond substituents is 1. The quantitative estimate of drug-likeness (QED) is 0.662. The van der Waals surface area contributed by atoms with E-state index in [-0.39, 0.29) is 23.7 Å². The van der Waals surface area contributed by atoms with Gasteiger partial charge in [-0.25, -0.2) is 4.98 Å². The Bertz CT molecular complexity index is 661. The van der Waals surface area contributed by atoms with Crippen molar-refractivity contribution >= 4 is 23.3 Å². The number of fused-ring (bicyclic) bond motifs is 1. The van der Waals surface area contributed by atoms with Crippen LogP contribution in [-0.4, -0.2) is 33.5 Å². The smallest absolute Gasteiger partial charge is 0.306 e. The Labute approximate surface area is 116 Å². The molecule has 0 fully saturated rings. The van der Waals surface area contributed by atoms with Gasteiger partial charge in [0.1, 0.15) is 11.6 Å². The summed E-state index contributed by atoms with van der Waals surface area (Å²) in [5.74, 6) is 0.312. The van der Waals surface area contributed by atoms with Crippen molar-refractivity contribution in [3.8, 4) is 5.75 Å². The Morgan fingerprint density at radius 1 is 1.50 bits per heavy atom. The van der Waals surface area contributed by atoms with E-state index in [1.165, 1.54) is 6.07 Å². The number of rotatable bonds is 5. The zero-order valence-electron chi connectivity index (χ0n) is 11.4. The molecule has 0 amide bonds. The third kappa shape index (κ3) is 2.49. The van der Waals surface area contributed by atoms with Crippen LogP contribution < -0.4 is 0 Å². The maximum absolute atomic E-state index is 11.4. The number of nitrogens with zero attached hydrogens (tertiary/aromatic N) is 2. The van der Waals surface area contributed by atoms with E-state index in [4.69, 9.17) is 4.74 Å².